The summed E-state index contributed by atoms with van der Waals surface area (Å²) in [6, 6.07) is 0. The number of rotatable bonds is 44. The molecule has 11 atom stereocenters. The van der Waals surface area contributed by atoms with E-state index in [1.165, 1.54) is 51.4 Å². The molecule has 2 aliphatic heterocycles. The average Bonchev–Trinajstić information content (AvgIpc) is 3.39. The molecular weight excluding hydrogens is 933 g/mol. The molecule has 0 aromatic rings. The van der Waals surface area contributed by atoms with Gasteiger partial charge in [-0.2, -0.15) is 0 Å². The molecule has 7 N–H and O–H groups in total. The summed E-state index contributed by atoms with van der Waals surface area (Å²) in [5.41, 5.74) is 0. The van der Waals surface area contributed by atoms with E-state index in [0.29, 0.717) is 13.0 Å². The molecule has 14 heteroatoms. The van der Waals surface area contributed by atoms with Gasteiger partial charge in [-0.25, -0.2) is 0 Å². The molecule has 0 saturated carbocycles. The number of aliphatic hydroxyl groups excluding tert-OH is 7. The molecule has 2 heterocycles. The van der Waals surface area contributed by atoms with Gasteiger partial charge in [-0.05, 0) is 83.5 Å². The van der Waals surface area contributed by atoms with Crippen molar-refractivity contribution in [1.29, 1.82) is 0 Å². The first-order chi connectivity index (χ1) is 35.6. The van der Waals surface area contributed by atoms with Gasteiger partial charge in [0.25, 0.3) is 0 Å². The van der Waals surface area contributed by atoms with E-state index in [1.54, 1.807) is 0 Å². The lowest BCUT2D eigenvalue weighted by atomic mass is 9.98. The van der Waals surface area contributed by atoms with Gasteiger partial charge >= 0.3 is 5.97 Å². The number of esters is 1. The smallest absolute Gasteiger partial charge is 0.306 e. The third-order valence-corrected chi connectivity index (χ3v) is 12.9. The molecule has 0 bridgehead atoms. The minimum atomic E-state index is -1.71. The van der Waals surface area contributed by atoms with Crippen molar-refractivity contribution in [1.82, 2.24) is 0 Å². The van der Waals surface area contributed by atoms with Gasteiger partial charge in [0.1, 0.15) is 54.9 Å². The Kier molecular flexibility index (Phi) is 41.2. The molecule has 0 amide bonds. The molecule has 0 spiro atoms. The Morgan fingerprint density at radius 1 is 0.466 bits per heavy atom. The van der Waals surface area contributed by atoms with Crippen LogP contribution in [-0.4, -0.2) is 142 Å². The minimum absolute atomic E-state index is 0.0473. The Morgan fingerprint density at radius 3 is 1.40 bits per heavy atom. The van der Waals surface area contributed by atoms with Gasteiger partial charge in [0.15, 0.2) is 12.6 Å². The topological polar surface area (TPSA) is 214 Å². The van der Waals surface area contributed by atoms with Crippen molar-refractivity contribution in [2.24, 2.45) is 0 Å². The number of ether oxygens (including phenoxy) is 6. The number of hydrogen-bond acceptors (Lipinski definition) is 14. The molecule has 0 radical (unpaired) electrons. The molecule has 11 unspecified atom stereocenters. The number of aliphatic hydroxyl groups is 7. The van der Waals surface area contributed by atoms with Crippen molar-refractivity contribution < 1.29 is 69.0 Å². The number of allylic oxidation sites excluding steroid dienone is 14. The minimum Gasteiger partial charge on any atom is -0.457 e. The first-order valence-electron chi connectivity index (χ1n) is 28.2. The molecule has 2 rings (SSSR count). The van der Waals surface area contributed by atoms with Crippen LogP contribution in [0.4, 0.5) is 0 Å². The lowest BCUT2D eigenvalue weighted by Crippen LogP contribution is -2.61. The number of hydrogen-bond donors (Lipinski definition) is 7. The van der Waals surface area contributed by atoms with Crippen LogP contribution in [-0.2, 0) is 33.2 Å². The molecule has 73 heavy (non-hydrogen) atoms. The van der Waals surface area contributed by atoms with Gasteiger partial charge in [-0.3, -0.25) is 4.79 Å². The molecule has 0 aromatic heterocycles. The highest BCUT2D eigenvalue weighted by molar-refractivity contribution is 5.69. The van der Waals surface area contributed by atoms with Crippen LogP contribution in [0.2, 0.25) is 0 Å². The van der Waals surface area contributed by atoms with Crippen LogP contribution in [0, 0.1) is 0 Å². The summed E-state index contributed by atoms with van der Waals surface area (Å²) in [6.07, 6.45) is 42.1. The van der Waals surface area contributed by atoms with Crippen LogP contribution >= 0.6 is 0 Å². The molecule has 2 saturated heterocycles. The maximum absolute atomic E-state index is 13.1. The van der Waals surface area contributed by atoms with E-state index in [1.807, 2.05) is 0 Å². The fourth-order valence-electron chi connectivity index (χ4n) is 8.35. The normalized spacial score (nSPS) is 25.6. The fourth-order valence-corrected chi connectivity index (χ4v) is 8.35. The molecule has 2 fully saturated rings. The van der Waals surface area contributed by atoms with E-state index < -0.39 is 80.7 Å². The summed E-state index contributed by atoms with van der Waals surface area (Å²) in [4.78, 5) is 13.1. The van der Waals surface area contributed by atoms with Crippen LogP contribution < -0.4 is 0 Å². The highest BCUT2D eigenvalue weighted by Gasteiger charge is 2.47. The molecule has 14 nitrogen and oxygen atoms in total. The van der Waals surface area contributed by atoms with Crippen molar-refractivity contribution in [3.63, 3.8) is 0 Å². The Bertz CT molecular complexity index is 1530. The highest BCUT2D eigenvalue weighted by atomic mass is 16.7. The maximum atomic E-state index is 13.1. The third-order valence-electron chi connectivity index (χ3n) is 12.9. The van der Waals surface area contributed by atoms with Gasteiger partial charge in [-0.1, -0.05) is 176 Å². The van der Waals surface area contributed by atoms with Gasteiger partial charge < -0.3 is 64.2 Å². The van der Waals surface area contributed by atoms with E-state index in [2.05, 4.69) is 98.9 Å². The lowest BCUT2D eigenvalue weighted by Gasteiger charge is -2.42. The summed E-state index contributed by atoms with van der Waals surface area (Å²) >= 11 is 0. The number of carbonyl (C=O) groups excluding carboxylic acids is 1. The van der Waals surface area contributed by atoms with Crippen LogP contribution in [0.15, 0.2) is 85.1 Å². The molecule has 0 aliphatic carbocycles. The summed E-state index contributed by atoms with van der Waals surface area (Å²) < 4.78 is 34.3. The van der Waals surface area contributed by atoms with Crippen molar-refractivity contribution >= 4 is 5.97 Å². The monoisotopic (exact) mass is 1030 g/mol. The second kappa shape index (κ2) is 45.4. The highest BCUT2D eigenvalue weighted by Crippen LogP contribution is 2.26. The zero-order chi connectivity index (χ0) is 53.0. The molecular formula is C59H100O14. The lowest BCUT2D eigenvalue weighted by molar-refractivity contribution is -0.332. The second-order valence-electron chi connectivity index (χ2n) is 19.4. The average molecular weight is 1030 g/mol. The SMILES string of the molecule is CC/C=C\C/C=C\C/C=C\C/C=C\C/C=C\CCCCCCCCCCCC(=O)OC(COCCCCCCCC/C=C\C/C=C\CCC)COC1OC(COC2OC(CO)C(O)C(O)C2O)C(O)C(O)C1O. The van der Waals surface area contributed by atoms with E-state index in [0.717, 1.165) is 103 Å². The second-order valence-corrected chi connectivity index (χ2v) is 19.4. The Balaban J connectivity index is 1.71. The van der Waals surface area contributed by atoms with Crippen LogP contribution in [0.25, 0.3) is 0 Å². The van der Waals surface area contributed by atoms with Crippen LogP contribution in [0.1, 0.15) is 181 Å². The zero-order valence-corrected chi connectivity index (χ0v) is 44.8. The van der Waals surface area contributed by atoms with Gasteiger partial charge in [-0.15, -0.1) is 0 Å². The zero-order valence-electron chi connectivity index (χ0n) is 44.8. The Labute approximate surface area is 439 Å². The summed E-state index contributed by atoms with van der Waals surface area (Å²) in [5, 5.41) is 72.3. The van der Waals surface area contributed by atoms with E-state index >= 15 is 0 Å². The summed E-state index contributed by atoms with van der Waals surface area (Å²) in [7, 11) is 0. The van der Waals surface area contributed by atoms with Gasteiger partial charge in [0.2, 0.25) is 0 Å². The fraction of sp³-hybridized carbons (Fsp3) is 0.746. The number of carbonyl (C=O) groups is 1. The van der Waals surface area contributed by atoms with Gasteiger partial charge in [0, 0.05) is 13.0 Å². The summed E-state index contributed by atoms with van der Waals surface area (Å²) in [5.74, 6) is -0.390. The molecule has 0 aromatic carbocycles. The van der Waals surface area contributed by atoms with Crippen molar-refractivity contribution in [3.8, 4) is 0 Å². The van der Waals surface area contributed by atoms with Crippen molar-refractivity contribution in [2.75, 3.05) is 33.0 Å². The van der Waals surface area contributed by atoms with Crippen LogP contribution in [0.5, 0.6) is 0 Å². The largest absolute Gasteiger partial charge is 0.457 e. The quantitative estimate of drug-likeness (QED) is 0.0172. The number of unbranched alkanes of at least 4 members (excludes halogenated alkanes) is 16. The van der Waals surface area contributed by atoms with Crippen molar-refractivity contribution in [2.45, 2.75) is 248 Å². The Hall–Kier alpha value is -2.83. The van der Waals surface area contributed by atoms with Crippen LogP contribution in [0.3, 0.4) is 0 Å². The molecule has 420 valence electrons. The van der Waals surface area contributed by atoms with Gasteiger partial charge in [0.05, 0.1) is 26.4 Å². The first-order valence-corrected chi connectivity index (χ1v) is 28.2. The summed E-state index contributed by atoms with van der Waals surface area (Å²) in [6.45, 7) is 3.47. The standard InChI is InChI=1S/C59H100O14/c1-3-5-7-9-11-13-15-17-19-20-21-22-23-24-25-26-27-28-29-30-32-34-36-38-40-42-51(61)71-48(45-68-43-41-39-37-35-33-31-18-16-14-12-10-8-6-4-2)46-69-58-57(67)55(65)53(63)50(73-58)47-70-59-56(66)54(64)52(62)49(44-60)72-59/h5,7-8,10-11,13-14,16-17,19,21-22,24-25,48-50,52-60,62-67H,3-4,6,9,12,15,18,20,23,26-47H2,1-2H3/b7-5-,10-8-,13-11-,16-14-,19-17-,22-21-,25-24-. The maximum Gasteiger partial charge on any atom is 0.306 e. The van der Waals surface area contributed by atoms with E-state index in [-0.39, 0.29) is 25.6 Å². The van der Waals surface area contributed by atoms with Crippen molar-refractivity contribution in [3.05, 3.63) is 85.1 Å². The predicted octanol–water partition coefficient (Wildman–Crippen LogP) is 9.63. The Morgan fingerprint density at radius 2 is 0.890 bits per heavy atom. The third kappa shape index (κ3) is 32.4. The van der Waals surface area contributed by atoms with E-state index in [9.17, 15) is 40.5 Å². The molecule has 2 aliphatic rings. The predicted molar refractivity (Wildman–Crippen MR) is 288 cm³/mol. The first kappa shape index (κ1) is 66.3. The van der Waals surface area contributed by atoms with E-state index in [4.69, 9.17) is 28.4 Å².